The van der Waals surface area contributed by atoms with Crippen LogP contribution < -0.4 is 0 Å². The minimum Gasteiger partial charge on any atom is -0.453 e. The van der Waals surface area contributed by atoms with Crippen molar-refractivity contribution in [2.24, 2.45) is 0 Å². The number of amides is 1. The lowest BCUT2D eigenvalue weighted by Crippen LogP contribution is -2.39. The number of nitrogens with zero attached hydrogens (tertiary/aromatic N) is 3. The number of benzene rings is 1. The third-order valence-corrected chi connectivity index (χ3v) is 7.86. The van der Waals surface area contributed by atoms with Gasteiger partial charge in [0, 0.05) is 49.3 Å². The third-order valence-electron chi connectivity index (χ3n) is 6.18. The van der Waals surface area contributed by atoms with Crippen LogP contribution in [0, 0.1) is 0 Å². The molecule has 0 saturated carbocycles. The Bertz CT molecular complexity index is 1070. The Balaban J connectivity index is 1.33. The number of hydrogen-bond acceptors (Lipinski definition) is 6. The number of likely N-dealkylation sites (tertiary alicyclic amines) is 1. The molecule has 3 heterocycles. The molecule has 166 valence electrons. The van der Waals surface area contributed by atoms with Gasteiger partial charge in [-0.2, -0.15) is 0 Å². The molecule has 9 heteroatoms. The van der Waals surface area contributed by atoms with Crippen molar-refractivity contribution < 1.29 is 22.7 Å². The van der Waals surface area contributed by atoms with Crippen molar-refractivity contribution in [2.75, 3.05) is 24.6 Å². The van der Waals surface area contributed by atoms with E-state index in [0.717, 1.165) is 24.2 Å². The van der Waals surface area contributed by atoms with Crippen molar-refractivity contribution in [1.82, 2.24) is 14.5 Å². The topological polar surface area (TPSA) is 98.6 Å². The summed E-state index contributed by atoms with van der Waals surface area (Å²) in [6.45, 7) is 3.26. The van der Waals surface area contributed by atoms with Gasteiger partial charge >= 0.3 is 5.97 Å². The highest BCUT2D eigenvalue weighted by Gasteiger charge is 2.34. The second kappa shape index (κ2) is 8.82. The van der Waals surface area contributed by atoms with Gasteiger partial charge in [-0.1, -0.05) is 25.1 Å². The summed E-state index contributed by atoms with van der Waals surface area (Å²) >= 11 is 0. The van der Waals surface area contributed by atoms with Gasteiger partial charge in [0.05, 0.1) is 17.7 Å². The number of ether oxygens (including phenoxy) is 1. The molecule has 31 heavy (non-hydrogen) atoms. The van der Waals surface area contributed by atoms with Gasteiger partial charge in [0.25, 0.3) is 0 Å². The van der Waals surface area contributed by atoms with Gasteiger partial charge in [-0.15, -0.1) is 0 Å². The second-order valence-corrected chi connectivity index (χ2v) is 10.5. The molecule has 1 amide bonds. The van der Waals surface area contributed by atoms with Crippen molar-refractivity contribution in [2.45, 2.75) is 44.8 Å². The molecule has 2 aliphatic heterocycles. The second-order valence-electron chi connectivity index (χ2n) is 8.06. The summed E-state index contributed by atoms with van der Waals surface area (Å²) in [5.41, 5.74) is 1.32. The first-order chi connectivity index (χ1) is 14.9. The monoisotopic (exact) mass is 445 g/mol. The van der Waals surface area contributed by atoms with E-state index < -0.39 is 15.9 Å². The number of carbonyl (C=O) groups excluding carboxylic acids is 2. The van der Waals surface area contributed by atoms with E-state index in [4.69, 9.17) is 4.74 Å². The molecule has 0 bridgehead atoms. The number of aryl methyl sites for hydroxylation is 1. The molecule has 8 nitrogen and oxygen atoms in total. The van der Waals surface area contributed by atoms with E-state index >= 15 is 0 Å². The number of carbonyl (C=O) groups is 2. The summed E-state index contributed by atoms with van der Waals surface area (Å²) in [4.78, 5) is 31.1. The molecular formula is C22H27N3O5S. The van der Waals surface area contributed by atoms with Crippen molar-refractivity contribution in [1.29, 1.82) is 0 Å². The van der Waals surface area contributed by atoms with Gasteiger partial charge in [-0.3, -0.25) is 4.79 Å². The molecule has 2 aromatic rings. The van der Waals surface area contributed by atoms with Crippen LogP contribution in [0.3, 0.4) is 0 Å². The zero-order chi connectivity index (χ0) is 22.0. The molecular weight excluding hydrogens is 418 g/mol. The lowest BCUT2D eigenvalue weighted by Gasteiger charge is -2.32. The summed E-state index contributed by atoms with van der Waals surface area (Å²) in [5.74, 6) is 0.921. The lowest BCUT2D eigenvalue weighted by molar-refractivity contribution is -0.134. The van der Waals surface area contributed by atoms with Crippen molar-refractivity contribution in [3.05, 3.63) is 53.6 Å². The standard InChI is InChI=1S/C22H27N3O5S/c1-2-31(28,29)14-13-25-12-9-23-21(25)16-7-10-24(11-8-16)20(26)15-19-17-5-3-4-6-18(17)22(27)30-19/h3-6,9,12,16,19H,2,7-8,10-11,13-15H2,1H3. The molecule has 0 aliphatic carbocycles. The van der Waals surface area contributed by atoms with Crippen LogP contribution in [-0.2, 0) is 25.9 Å². The molecule has 1 aromatic heterocycles. The molecule has 1 fully saturated rings. The molecule has 1 aromatic carbocycles. The van der Waals surface area contributed by atoms with E-state index in [1.165, 1.54) is 0 Å². The van der Waals surface area contributed by atoms with Gasteiger partial charge in [-0.25, -0.2) is 18.2 Å². The Kier molecular flexibility index (Phi) is 6.13. The number of sulfone groups is 1. The zero-order valence-electron chi connectivity index (χ0n) is 17.6. The van der Waals surface area contributed by atoms with E-state index in [2.05, 4.69) is 4.98 Å². The molecule has 1 unspecified atom stereocenters. The number of fused-ring (bicyclic) bond motifs is 1. The highest BCUT2D eigenvalue weighted by molar-refractivity contribution is 7.91. The Labute approximate surface area is 182 Å². The summed E-state index contributed by atoms with van der Waals surface area (Å²) in [7, 11) is -3.04. The molecule has 0 radical (unpaired) electrons. The molecule has 1 saturated heterocycles. The lowest BCUT2D eigenvalue weighted by atomic mass is 9.95. The summed E-state index contributed by atoms with van der Waals surface area (Å²) < 4.78 is 31.0. The fourth-order valence-electron chi connectivity index (χ4n) is 4.30. The number of aromatic nitrogens is 2. The van der Waals surface area contributed by atoms with Crippen molar-refractivity contribution in [3.63, 3.8) is 0 Å². The predicted octanol–water partition coefficient (Wildman–Crippen LogP) is 2.33. The quantitative estimate of drug-likeness (QED) is 0.607. The van der Waals surface area contributed by atoms with E-state index in [1.54, 1.807) is 25.3 Å². The van der Waals surface area contributed by atoms with Gasteiger partial charge in [-0.05, 0) is 18.9 Å². The average Bonchev–Trinajstić information content (AvgIpc) is 3.37. The third kappa shape index (κ3) is 4.66. The van der Waals surface area contributed by atoms with Crippen LogP contribution in [0.1, 0.15) is 60.0 Å². The summed E-state index contributed by atoms with van der Waals surface area (Å²) in [6.07, 6.45) is 4.70. The maximum Gasteiger partial charge on any atom is 0.339 e. The van der Waals surface area contributed by atoms with Crippen LogP contribution in [0.25, 0.3) is 0 Å². The number of hydrogen-bond donors (Lipinski definition) is 0. The normalized spacial score (nSPS) is 19.3. The Morgan fingerprint density at radius 3 is 2.71 bits per heavy atom. The minimum atomic E-state index is -3.04. The molecule has 0 N–H and O–H groups in total. The Morgan fingerprint density at radius 1 is 1.23 bits per heavy atom. The number of cyclic esters (lactones) is 1. The summed E-state index contributed by atoms with van der Waals surface area (Å²) in [6, 6.07) is 7.19. The van der Waals surface area contributed by atoms with E-state index in [-0.39, 0.29) is 35.7 Å². The molecule has 0 spiro atoms. The number of imidazole rings is 1. The van der Waals surface area contributed by atoms with Crippen molar-refractivity contribution >= 4 is 21.7 Å². The molecule has 2 aliphatic rings. The van der Waals surface area contributed by atoms with Gasteiger partial charge in [0.15, 0.2) is 9.84 Å². The van der Waals surface area contributed by atoms with Gasteiger partial charge in [0.2, 0.25) is 5.91 Å². The van der Waals surface area contributed by atoms with Crippen LogP contribution in [0.5, 0.6) is 0 Å². The Morgan fingerprint density at radius 2 is 1.97 bits per heavy atom. The van der Waals surface area contributed by atoms with Crippen molar-refractivity contribution in [3.8, 4) is 0 Å². The van der Waals surface area contributed by atoms with Crippen LogP contribution in [-0.4, -0.2) is 59.3 Å². The molecule has 1 atom stereocenters. The molecule has 4 rings (SSSR count). The predicted molar refractivity (Wildman–Crippen MR) is 114 cm³/mol. The minimum absolute atomic E-state index is 0.0228. The summed E-state index contributed by atoms with van der Waals surface area (Å²) in [5, 5.41) is 0. The zero-order valence-corrected chi connectivity index (χ0v) is 18.4. The Hall–Kier alpha value is -2.68. The van der Waals surface area contributed by atoms with Crippen LogP contribution in [0.15, 0.2) is 36.7 Å². The smallest absolute Gasteiger partial charge is 0.339 e. The first-order valence-electron chi connectivity index (χ1n) is 10.7. The van der Waals surface area contributed by atoms with Gasteiger partial charge in [0.1, 0.15) is 11.9 Å². The average molecular weight is 446 g/mol. The number of rotatable bonds is 7. The fraction of sp³-hybridized carbons (Fsp3) is 0.500. The van der Waals surface area contributed by atoms with Crippen LogP contribution in [0.4, 0.5) is 0 Å². The SMILES string of the molecule is CCS(=O)(=O)CCn1ccnc1C1CCN(C(=O)CC2OC(=O)c3ccccc32)CC1. The van der Waals surface area contributed by atoms with Gasteiger partial charge < -0.3 is 14.2 Å². The van der Waals surface area contributed by atoms with E-state index in [0.29, 0.717) is 25.2 Å². The maximum absolute atomic E-state index is 12.8. The first kappa shape index (κ1) is 21.5. The van der Waals surface area contributed by atoms with Crippen LogP contribution in [0.2, 0.25) is 0 Å². The highest BCUT2D eigenvalue weighted by Crippen LogP contribution is 2.34. The van der Waals surface area contributed by atoms with Crippen LogP contribution >= 0.6 is 0 Å². The number of esters is 1. The highest BCUT2D eigenvalue weighted by atomic mass is 32.2. The van der Waals surface area contributed by atoms with E-state index in [9.17, 15) is 18.0 Å². The number of piperidine rings is 1. The van der Waals surface area contributed by atoms with E-state index in [1.807, 2.05) is 27.8 Å². The largest absolute Gasteiger partial charge is 0.453 e. The first-order valence-corrected chi connectivity index (χ1v) is 12.5. The fourth-order valence-corrected chi connectivity index (χ4v) is 5.06. The maximum atomic E-state index is 12.8.